The van der Waals surface area contributed by atoms with E-state index in [0.717, 1.165) is 35.3 Å². The zero-order valence-electron chi connectivity index (χ0n) is 19.2. The number of benzene rings is 1. The first kappa shape index (κ1) is 28.1. The number of nitrogens with two attached hydrogens (primary N) is 1. The van der Waals surface area contributed by atoms with Gasteiger partial charge in [-0.1, -0.05) is 18.2 Å². The molecule has 0 aliphatic heterocycles. The second-order valence-corrected chi connectivity index (χ2v) is 7.98. The zero-order valence-corrected chi connectivity index (χ0v) is 20.0. The molecule has 0 atom stereocenters. The van der Waals surface area contributed by atoms with E-state index in [4.69, 9.17) is 17.3 Å². The van der Waals surface area contributed by atoms with Crippen molar-refractivity contribution in [2.75, 3.05) is 11.9 Å². The highest BCUT2D eigenvalue weighted by Crippen LogP contribution is 2.28. The Labute approximate surface area is 216 Å². The predicted octanol–water partition coefficient (Wildman–Crippen LogP) is 3.49. The van der Waals surface area contributed by atoms with E-state index in [9.17, 15) is 37.4 Å². The number of rotatable bonds is 9. The highest BCUT2D eigenvalue weighted by atomic mass is 35.5. The molecule has 5 N–H and O–H groups in total. The van der Waals surface area contributed by atoms with Crippen LogP contribution in [0.2, 0.25) is 5.02 Å². The van der Waals surface area contributed by atoms with Crippen molar-refractivity contribution < 1.29 is 32.6 Å². The smallest absolute Gasteiger partial charge is 0.435 e. The minimum Gasteiger partial charge on any atom is -0.477 e. The van der Waals surface area contributed by atoms with Crippen LogP contribution in [-0.2, 0) is 12.7 Å². The van der Waals surface area contributed by atoms with Crippen LogP contribution in [0.4, 0.5) is 23.2 Å². The summed E-state index contributed by atoms with van der Waals surface area (Å²) in [5.74, 6) is -2.70. The highest BCUT2D eigenvalue weighted by Gasteiger charge is 2.34. The van der Waals surface area contributed by atoms with Crippen molar-refractivity contribution in [3.8, 4) is 0 Å². The van der Waals surface area contributed by atoms with Gasteiger partial charge in [-0.2, -0.15) is 18.3 Å². The third-order valence-corrected chi connectivity index (χ3v) is 5.22. The van der Waals surface area contributed by atoms with E-state index in [1.165, 1.54) is 12.1 Å². The zero-order chi connectivity index (χ0) is 28.2. The van der Waals surface area contributed by atoms with Crippen molar-refractivity contribution in [1.82, 2.24) is 14.3 Å². The largest absolute Gasteiger partial charge is 0.477 e. The first-order chi connectivity index (χ1) is 17.8. The maximum Gasteiger partial charge on any atom is 0.435 e. The topological polar surface area (TPSA) is 148 Å². The van der Waals surface area contributed by atoms with Gasteiger partial charge in [0.1, 0.15) is 23.0 Å². The van der Waals surface area contributed by atoms with Gasteiger partial charge in [-0.05, 0) is 30.3 Å². The molecule has 0 aliphatic rings. The summed E-state index contributed by atoms with van der Waals surface area (Å²) in [6.07, 6.45) is -1.62. The number of alkyl halides is 3. The van der Waals surface area contributed by atoms with E-state index in [1.54, 1.807) is 0 Å². The number of aliphatic imine (C=N–C) groups is 1. The Hall–Kier alpha value is -4.43. The highest BCUT2D eigenvalue weighted by molar-refractivity contribution is 6.31. The number of hydrogen-bond donors (Lipinski definition) is 4. The van der Waals surface area contributed by atoms with Crippen molar-refractivity contribution in [2.24, 2.45) is 10.7 Å². The number of allylic oxidation sites excluding steroid dienone is 1. The van der Waals surface area contributed by atoms with Crippen molar-refractivity contribution in [3.05, 3.63) is 93.1 Å². The molecule has 0 fully saturated rings. The lowest BCUT2D eigenvalue weighted by Gasteiger charge is -2.13. The molecular weight excluding hydrogens is 536 g/mol. The summed E-state index contributed by atoms with van der Waals surface area (Å²) < 4.78 is 54.3. The Kier molecular flexibility index (Phi) is 8.38. The van der Waals surface area contributed by atoms with Crippen LogP contribution < -0.4 is 16.6 Å². The lowest BCUT2D eigenvalue weighted by atomic mass is 10.1. The van der Waals surface area contributed by atoms with Gasteiger partial charge in [-0.15, -0.1) is 0 Å². The average molecular weight is 555 g/mol. The monoisotopic (exact) mass is 554 g/mol. The van der Waals surface area contributed by atoms with E-state index in [1.807, 2.05) is 0 Å². The van der Waals surface area contributed by atoms with Crippen LogP contribution in [-0.4, -0.2) is 43.4 Å². The van der Waals surface area contributed by atoms with Crippen molar-refractivity contribution in [1.29, 1.82) is 0 Å². The number of carboxylic acid groups (broad SMARTS) is 1. The number of aliphatic hydroxyl groups excluding tert-OH is 1. The molecule has 0 amide bonds. The Bertz CT molecular complexity index is 1510. The minimum atomic E-state index is -4.76. The number of nitrogens with zero attached hydrogens (tertiary/aromatic N) is 4. The Balaban J connectivity index is 2.13. The van der Waals surface area contributed by atoms with Gasteiger partial charge in [0, 0.05) is 42.0 Å². The van der Waals surface area contributed by atoms with Gasteiger partial charge in [-0.3, -0.25) is 4.79 Å². The molecule has 0 radical (unpaired) electrons. The standard InChI is InChI=1S/C23H19ClF4N6O4/c1-12(31-14-2-3-18(25)17(24)9-14)30-10-16(20(29)34-5-4-19(32-34)23(26,27)28)13-8-15(22(37)38)21(36)33(11-13)6-7-35/h2-5,8-11,31,35H,1,6-7,29H2,(H,37,38)/b20-16-,30-10?. The summed E-state index contributed by atoms with van der Waals surface area (Å²) in [5.41, 5.74) is 3.38. The first-order valence-electron chi connectivity index (χ1n) is 10.5. The summed E-state index contributed by atoms with van der Waals surface area (Å²) in [6.45, 7) is 2.89. The first-order valence-corrected chi connectivity index (χ1v) is 10.9. The van der Waals surface area contributed by atoms with Crippen molar-refractivity contribution in [2.45, 2.75) is 12.7 Å². The third kappa shape index (κ3) is 6.46. The van der Waals surface area contributed by atoms with E-state index >= 15 is 0 Å². The number of halogens is 5. The van der Waals surface area contributed by atoms with E-state index in [2.05, 4.69) is 22.0 Å². The third-order valence-electron chi connectivity index (χ3n) is 4.93. The number of pyridine rings is 1. The summed E-state index contributed by atoms with van der Waals surface area (Å²) in [4.78, 5) is 28.2. The molecule has 0 saturated heterocycles. The fraction of sp³-hybridized carbons (Fsp3) is 0.130. The number of carbonyl (C=O) groups is 1. The van der Waals surface area contributed by atoms with Crippen LogP contribution in [0.1, 0.15) is 21.6 Å². The number of aliphatic hydroxyl groups is 1. The molecule has 0 unspecified atom stereocenters. The summed E-state index contributed by atoms with van der Waals surface area (Å²) >= 11 is 5.75. The lowest BCUT2D eigenvalue weighted by Crippen LogP contribution is -2.28. The number of hydrogen-bond acceptors (Lipinski definition) is 7. The number of carboxylic acids is 1. The fourth-order valence-corrected chi connectivity index (χ4v) is 3.33. The molecule has 3 rings (SSSR count). The molecule has 3 aromatic rings. The maximum absolute atomic E-state index is 13.4. The molecular formula is C23H19ClF4N6O4. The molecule has 0 bridgehead atoms. The quantitative estimate of drug-likeness (QED) is 0.234. The Morgan fingerprint density at radius 1 is 1.29 bits per heavy atom. The van der Waals surface area contributed by atoms with E-state index in [0.29, 0.717) is 16.4 Å². The predicted molar refractivity (Wildman–Crippen MR) is 132 cm³/mol. The minimum absolute atomic E-state index is 0.0432. The molecule has 15 heteroatoms. The number of anilines is 1. The molecule has 200 valence electrons. The summed E-state index contributed by atoms with van der Waals surface area (Å²) in [5, 5.41) is 24.7. The van der Waals surface area contributed by atoms with Gasteiger partial charge in [0.25, 0.3) is 5.56 Å². The Morgan fingerprint density at radius 3 is 2.58 bits per heavy atom. The summed E-state index contributed by atoms with van der Waals surface area (Å²) in [7, 11) is 0. The fourth-order valence-electron chi connectivity index (χ4n) is 3.15. The molecule has 10 nitrogen and oxygen atoms in total. The van der Waals surface area contributed by atoms with Gasteiger partial charge in [0.05, 0.1) is 11.6 Å². The molecule has 2 heterocycles. The average Bonchev–Trinajstić information content (AvgIpc) is 3.34. The van der Waals surface area contributed by atoms with Gasteiger partial charge in [0.15, 0.2) is 5.69 Å². The normalized spacial score (nSPS) is 12.5. The van der Waals surface area contributed by atoms with Gasteiger partial charge in [0.2, 0.25) is 0 Å². The van der Waals surface area contributed by atoms with Gasteiger partial charge in [-0.25, -0.2) is 18.9 Å². The van der Waals surface area contributed by atoms with Gasteiger partial charge >= 0.3 is 12.1 Å². The lowest BCUT2D eigenvalue weighted by molar-refractivity contribution is -0.141. The second-order valence-electron chi connectivity index (χ2n) is 7.57. The van der Waals surface area contributed by atoms with Crippen LogP contribution in [0.5, 0.6) is 0 Å². The molecule has 2 aromatic heterocycles. The van der Waals surface area contributed by atoms with Crippen LogP contribution in [0.3, 0.4) is 0 Å². The summed E-state index contributed by atoms with van der Waals surface area (Å²) in [6, 6.07) is 5.33. The van der Waals surface area contributed by atoms with Crippen molar-refractivity contribution in [3.63, 3.8) is 0 Å². The molecule has 38 heavy (non-hydrogen) atoms. The SMILES string of the molecule is C=C(N=C/C(=C(\N)n1ccc(C(F)(F)F)n1)c1cc(C(=O)O)c(=O)n(CCO)c1)Nc1ccc(F)c(Cl)c1. The van der Waals surface area contributed by atoms with E-state index < -0.39 is 47.2 Å². The van der Waals surface area contributed by atoms with Crippen molar-refractivity contribution >= 4 is 40.9 Å². The van der Waals surface area contributed by atoms with Crippen LogP contribution in [0.15, 0.2) is 64.9 Å². The molecule has 0 spiro atoms. The molecule has 1 aromatic carbocycles. The number of nitrogens with one attached hydrogen (secondary N) is 1. The van der Waals surface area contributed by atoms with Crippen LogP contribution >= 0.6 is 11.6 Å². The maximum atomic E-state index is 13.4. The number of aromatic nitrogens is 3. The molecule has 0 saturated carbocycles. The number of aromatic carboxylic acids is 1. The van der Waals surface area contributed by atoms with Gasteiger partial charge < -0.3 is 25.8 Å². The Morgan fingerprint density at radius 2 is 2.00 bits per heavy atom. The van der Waals surface area contributed by atoms with Crippen LogP contribution in [0, 0.1) is 5.82 Å². The van der Waals surface area contributed by atoms with Crippen LogP contribution in [0.25, 0.3) is 11.4 Å². The second kappa shape index (κ2) is 11.3. The van der Waals surface area contributed by atoms with E-state index in [-0.39, 0.29) is 28.5 Å². The molecule has 0 aliphatic carbocycles.